The summed E-state index contributed by atoms with van der Waals surface area (Å²) in [7, 11) is 0. The van der Waals surface area contributed by atoms with E-state index in [0.717, 1.165) is 0 Å². The first kappa shape index (κ1) is 7.07. The van der Waals surface area contributed by atoms with Gasteiger partial charge in [-0.2, -0.15) is 0 Å². The highest BCUT2D eigenvalue weighted by molar-refractivity contribution is 9.09. The van der Waals surface area contributed by atoms with Gasteiger partial charge < -0.3 is 0 Å². The highest BCUT2D eigenvalue weighted by Crippen LogP contribution is 2.13. The van der Waals surface area contributed by atoms with Crippen molar-refractivity contribution >= 4 is 15.9 Å². The van der Waals surface area contributed by atoms with Gasteiger partial charge in [-0.3, -0.25) is 0 Å². The van der Waals surface area contributed by atoms with E-state index in [0.29, 0.717) is 4.83 Å². The van der Waals surface area contributed by atoms with Crippen LogP contribution in [-0.2, 0) is 0 Å². The van der Waals surface area contributed by atoms with Gasteiger partial charge in [-0.25, -0.2) is 0 Å². The normalized spacial score (nSPS) is 34.6. The lowest BCUT2D eigenvalue weighted by atomic mass is 10.1. The Bertz CT molecular complexity index is 125. The largest absolute Gasteiger partial charge is 0.0845 e. The summed E-state index contributed by atoms with van der Waals surface area (Å²) >= 11 is 3.55. The Morgan fingerprint density at radius 2 is 2.22 bits per heavy atom. The molecular formula is C8H11Br. The molecule has 1 rings (SSSR count). The maximum absolute atomic E-state index is 3.55. The van der Waals surface area contributed by atoms with Crippen LogP contribution in [0.25, 0.3) is 0 Å². The van der Waals surface area contributed by atoms with Gasteiger partial charge in [0.2, 0.25) is 0 Å². The second-order valence-corrected chi connectivity index (χ2v) is 3.44. The standard InChI is InChI=1S/C8H11Br/c9-8-6-4-2-1-3-5-7-8/h1-2,4,6,8H,3,5,7H2/b2-1-,6-4-. The molecule has 0 spiro atoms. The number of hydrogen-bond donors (Lipinski definition) is 0. The van der Waals surface area contributed by atoms with Gasteiger partial charge in [0.15, 0.2) is 0 Å². The van der Waals surface area contributed by atoms with E-state index in [1.165, 1.54) is 19.3 Å². The minimum atomic E-state index is 0.599. The second kappa shape index (κ2) is 3.89. The lowest BCUT2D eigenvalue weighted by molar-refractivity contribution is 0.775. The zero-order valence-corrected chi connectivity index (χ0v) is 6.97. The summed E-state index contributed by atoms with van der Waals surface area (Å²) in [4.78, 5) is 0.599. The van der Waals surface area contributed by atoms with Crippen LogP contribution in [0.3, 0.4) is 0 Å². The van der Waals surface area contributed by atoms with Gasteiger partial charge >= 0.3 is 0 Å². The fourth-order valence-electron chi connectivity index (χ4n) is 0.886. The molecular weight excluding hydrogens is 176 g/mol. The molecule has 0 saturated heterocycles. The molecule has 0 aromatic heterocycles. The topological polar surface area (TPSA) is 0 Å². The van der Waals surface area contributed by atoms with Crippen molar-refractivity contribution in [1.82, 2.24) is 0 Å². The van der Waals surface area contributed by atoms with Crippen molar-refractivity contribution in [3.63, 3.8) is 0 Å². The Morgan fingerprint density at radius 3 is 3.11 bits per heavy atom. The Labute approximate surface area is 64.8 Å². The van der Waals surface area contributed by atoms with Crippen LogP contribution in [0, 0.1) is 0 Å². The van der Waals surface area contributed by atoms with E-state index in [1.54, 1.807) is 0 Å². The predicted molar refractivity (Wildman–Crippen MR) is 44.8 cm³/mol. The summed E-state index contributed by atoms with van der Waals surface area (Å²) in [6.07, 6.45) is 12.4. The van der Waals surface area contributed by atoms with Crippen LogP contribution in [0.4, 0.5) is 0 Å². The van der Waals surface area contributed by atoms with Crippen LogP contribution in [-0.4, -0.2) is 4.83 Å². The Kier molecular flexibility index (Phi) is 3.05. The number of allylic oxidation sites excluding steroid dienone is 4. The summed E-state index contributed by atoms with van der Waals surface area (Å²) in [6.45, 7) is 0. The molecule has 0 saturated carbocycles. The predicted octanol–water partition coefficient (Wildman–Crippen LogP) is 3.05. The molecule has 1 aliphatic rings. The van der Waals surface area contributed by atoms with Crippen LogP contribution in [0.2, 0.25) is 0 Å². The van der Waals surface area contributed by atoms with Gasteiger partial charge in [-0.1, -0.05) is 40.2 Å². The molecule has 0 bridgehead atoms. The zero-order valence-electron chi connectivity index (χ0n) is 5.39. The van der Waals surface area contributed by atoms with Crippen molar-refractivity contribution in [3.05, 3.63) is 24.3 Å². The van der Waals surface area contributed by atoms with E-state index in [4.69, 9.17) is 0 Å². The molecule has 1 aliphatic carbocycles. The van der Waals surface area contributed by atoms with Crippen LogP contribution < -0.4 is 0 Å². The highest BCUT2D eigenvalue weighted by atomic mass is 79.9. The van der Waals surface area contributed by atoms with Gasteiger partial charge in [0.1, 0.15) is 0 Å². The molecule has 9 heavy (non-hydrogen) atoms. The fourth-order valence-corrected chi connectivity index (χ4v) is 1.39. The second-order valence-electron chi connectivity index (χ2n) is 2.26. The van der Waals surface area contributed by atoms with Crippen LogP contribution in [0.1, 0.15) is 19.3 Å². The molecule has 0 amide bonds. The molecule has 0 aliphatic heterocycles. The molecule has 1 unspecified atom stereocenters. The van der Waals surface area contributed by atoms with Crippen LogP contribution in [0.15, 0.2) is 24.3 Å². The Hall–Kier alpha value is -0.0400. The Morgan fingerprint density at radius 1 is 1.33 bits per heavy atom. The van der Waals surface area contributed by atoms with Crippen molar-refractivity contribution in [2.75, 3.05) is 0 Å². The van der Waals surface area contributed by atoms with E-state index >= 15 is 0 Å². The summed E-state index contributed by atoms with van der Waals surface area (Å²) in [5.74, 6) is 0. The summed E-state index contributed by atoms with van der Waals surface area (Å²) in [6, 6.07) is 0. The number of hydrogen-bond acceptors (Lipinski definition) is 0. The summed E-state index contributed by atoms with van der Waals surface area (Å²) < 4.78 is 0. The zero-order chi connectivity index (χ0) is 6.53. The third-order valence-electron chi connectivity index (χ3n) is 1.42. The molecule has 0 radical (unpaired) electrons. The smallest absolute Gasteiger partial charge is 0.0328 e. The minimum Gasteiger partial charge on any atom is -0.0845 e. The lowest BCUT2D eigenvalue weighted by Crippen LogP contribution is -1.92. The Balaban J connectivity index is 2.44. The molecule has 0 aromatic carbocycles. The summed E-state index contributed by atoms with van der Waals surface area (Å²) in [5.41, 5.74) is 0. The summed E-state index contributed by atoms with van der Waals surface area (Å²) in [5, 5.41) is 0. The molecule has 0 N–H and O–H groups in total. The van der Waals surface area contributed by atoms with Crippen LogP contribution >= 0.6 is 15.9 Å². The SMILES string of the molecule is BrC1/C=C\C=C/CCC1. The van der Waals surface area contributed by atoms with Gasteiger partial charge in [0.25, 0.3) is 0 Å². The first-order chi connectivity index (χ1) is 4.39. The highest BCUT2D eigenvalue weighted by Gasteiger charge is 1.97. The quantitative estimate of drug-likeness (QED) is 0.511. The maximum Gasteiger partial charge on any atom is 0.0328 e. The molecule has 1 heteroatoms. The average molecular weight is 187 g/mol. The minimum absolute atomic E-state index is 0.599. The van der Waals surface area contributed by atoms with Crippen molar-refractivity contribution in [3.8, 4) is 0 Å². The maximum atomic E-state index is 3.55. The van der Waals surface area contributed by atoms with Crippen molar-refractivity contribution < 1.29 is 0 Å². The fraction of sp³-hybridized carbons (Fsp3) is 0.500. The van der Waals surface area contributed by atoms with Crippen molar-refractivity contribution in [2.24, 2.45) is 0 Å². The van der Waals surface area contributed by atoms with Crippen LogP contribution in [0.5, 0.6) is 0 Å². The third-order valence-corrected chi connectivity index (χ3v) is 2.18. The first-order valence-electron chi connectivity index (χ1n) is 3.37. The van der Waals surface area contributed by atoms with Gasteiger partial charge in [0.05, 0.1) is 0 Å². The van der Waals surface area contributed by atoms with E-state index in [1.807, 2.05) is 0 Å². The van der Waals surface area contributed by atoms with Gasteiger partial charge in [-0.05, 0) is 19.3 Å². The lowest BCUT2D eigenvalue weighted by Gasteiger charge is -2.03. The molecule has 0 heterocycles. The number of halogens is 1. The molecule has 0 aromatic rings. The van der Waals surface area contributed by atoms with Crippen molar-refractivity contribution in [2.45, 2.75) is 24.1 Å². The first-order valence-corrected chi connectivity index (χ1v) is 4.28. The molecule has 50 valence electrons. The molecule has 0 nitrogen and oxygen atoms in total. The monoisotopic (exact) mass is 186 g/mol. The van der Waals surface area contributed by atoms with E-state index in [9.17, 15) is 0 Å². The molecule has 1 atom stereocenters. The van der Waals surface area contributed by atoms with E-state index < -0.39 is 0 Å². The van der Waals surface area contributed by atoms with E-state index in [-0.39, 0.29) is 0 Å². The average Bonchev–Trinajstić information content (AvgIpc) is 1.79. The number of rotatable bonds is 0. The van der Waals surface area contributed by atoms with Gasteiger partial charge in [-0.15, -0.1) is 0 Å². The van der Waals surface area contributed by atoms with Crippen molar-refractivity contribution in [1.29, 1.82) is 0 Å². The van der Waals surface area contributed by atoms with Gasteiger partial charge in [0, 0.05) is 4.83 Å². The van der Waals surface area contributed by atoms with E-state index in [2.05, 4.69) is 40.2 Å². The molecule has 0 fully saturated rings. The number of alkyl halides is 1. The third kappa shape index (κ3) is 2.85.